The van der Waals surface area contributed by atoms with Crippen LogP contribution in [0.4, 0.5) is 0 Å². The van der Waals surface area contributed by atoms with E-state index >= 15 is 0 Å². The Morgan fingerprint density at radius 1 is 1.50 bits per heavy atom. The van der Waals surface area contributed by atoms with E-state index in [4.69, 9.17) is 0 Å². The van der Waals surface area contributed by atoms with Crippen molar-refractivity contribution >= 4 is 0 Å². The summed E-state index contributed by atoms with van der Waals surface area (Å²) in [5.41, 5.74) is 9.41. The van der Waals surface area contributed by atoms with Gasteiger partial charge in [-0.15, -0.1) is 0 Å². The standard InChI is InChI=1S/C14H20/c1-7-8-9-10-14(6,13(4)5)11-12(2)3/h10,12H,1,4,11H2,2-3,5-6H3. The number of hydrogen-bond acceptors (Lipinski definition) is 0. The Bertz CT molecular complexity index is 314. The molecule has 76 valence electrons. The smallest absolute Gasteiger partial charge is 0.0141 e. The minimum Gasteiger partial charge on any atom is -0.0993 e. The SMILES string of the molecule is C=C=C=C=CC(C)(CC(C)C)C(=C)C. The highest BCUT2D eigenvalue weighted by atomic mass is 14.3. The average molecular weight is 188 g/mol. The van der Waals surface area contributed by atoms with Crippen LogP contribution in [0.25, 0.3) is 0 Å². The highest BCUT2D eigenvalue weighted by Crippen LogP contribution is 2.34. The van der Waals surface area contributed by atoms with Gasteiger partial charge in [-0.1, -0.05) is 44.4 Å². The molecule has 1 unspecified atom stereocenters. The van der Waals surface area contributed by atoms with Crippen LogP contribution < -0.4 is 0 Å². The van der Waals surface area contributed by atoms with Crippen LogP contribution in [0.3, 0.4) is 0 Å². The van der Waals surface area contributed by atoms with Crippen molar-refractivity contribution in [1.29, 1.82) is 0 Å². The van der Waals surface area contributed by atoms with E-state index in [1.54, 1.807) is 0 Å². The van der Waals surface area contributed by atoms with Gasteiger partial charge in [-0.25, -0.2) is 0 Å². The zero-order valence-electron chi connectivity index (χ0n) is 9.78. The van der Waals surface area contributed by atoms with Crippen molar-refractivity contribution < 1.29 is 0 Å². The molecule has 0 heteroatoms. The van der Waals surface area contributed by atoms with Gasteiger partial charge in [0.25, 0.3) is 0 Å². The van der Waals surface area contributed by atoms with Gasteiger partial charge in [0, 0.05) is 5.41 Å². The van der Waals surface area contributed by atoms with Crippen molar-refractivity contribution in [3.05, 3.63) is 42.0 Å². The summed E-state index contributed by atoms with van der Waals surface area (Å²) < 4.78 is 0. The summed E-state index contributed by atoms with van der Waals surface area (Å²) in [6, 6.07) is 0. The Morgan fingerprint density at radius 2 is 2.07 bits per heavy atom. The Labute approximate surface area is 88.0 Å². The van der Waals surface area contributed by atoms with Gasteiger partial charge in [-0.05, 0) is 37.6 Å². The Balaban J connectivity index is 5.01. The molecule has 0 rings (SSSR count). The fourth-order valence-electron chi connectivity index (χ4n) is 1.45. The van der Waals surface area contributed by atoms with E-state index in [2.05, 4.69) is 58.0 Å². The summed E-state index contributed by atoms with van der Waals surface area (Å²) >= 11 is 0. The minimum absolute atomic E-state index is 0.0119. The lowest BCUT2D eigenvalue weighted by Gasteiger charge is -2.27. The molecule has 14 heavy (non-hydrogen) atoms. The summed E-state index contributed by atoms with van der Waals surface area (Å²) in [7, 11) is 0. The first-order valence-electron chi connectivity index (χ1n) is 4.95. The molecule has 0 saturated carbocycles. The molecule has 0 fully saturated rings. The van der Waals surface area contributed by atoms with Crippen molar-refractivity contribution in [2.45, 2.75) is 34.1 Å². The number of rotatable bonds is 4. The third kappa shape index (κ3) is 4.17. The van der Waals surface area contributed by atoms with E-state index in [9.17, 15) is 0 Å². The average Bonchev–Trinajstić information content (AvgIpc) is 2.03. The maximum atomic E-state index is 4.02. The van der Waals surface area contributed by atoms with E-state index in [0.29, 0.717) is 5.92 Å². The molecule has 0 amide bonds. The second-order valence-electron chi connectivity index (χ2n) is 4.39. The van der Waals surface area contributed by atoms with Crippen molar-refractivity contribution in [3.63, 3.8) is 0 Å². The van der Waals surface area contributed by atoms with Crippen molar-refractivity contribution in [1.82, 2.24) is 0 Å². The topological polar surface area (TPSA) is 0 Å². The van der Waals surface area contributed by atoms with Crippen LogP contribution in [0.15, 0.2) is 42.0 Å². The van der Waals surface area contributed by atoms with E-state index in [1.807, 2.05) is 6.08 Å². The predicted molar refractivity (Wildman–Crippen MR) is 63.1 cm³/mol. The molecule has 0 aromatic rings. The predicted octanol–water partition coefficient (Wildman–Crippen LogP) is 4.27. The van der Waals surface area contributed by atoms with Gasteiger partial charge in [0.2, 0.25) is 0 Å². The lowest BCUT2D eigenvalue weighted by Crippen LogP contribution is -2.16. The highest BCUT2D eigenvalue weighted by Gasteiger charge is 2.22. The highest BCUT2D eigenvalue weighted by molar-refractivity contribution is 5.15. The van der Waals surface area contributed by atoms with Crippen molar-refractivity contribution in [2.75, 3.05) is 0 Å². The molecule has 0 bridgehead atoms. The second kappa shape index (κ2) is 5.53. The molecular weight excluding hydrogens is 168 g/mol. The van der Waals surface area contributed by atoms with Crippen LogP contribution in [0, 0.1) is 11.3 Å². The van der Waals surface area contributed by atoms with E-state index in [1.165, 1.54) is 0 Å². The first kappa shape index (κ1) is 12.8. The van der Waals surface area contributed by atoms with Crippen LogP contribution in [-0.4, -0.2) is 0 Å². The van der Waals surface area contributed by atoms with Gasteiger partial charge in [0.05, 0.1) is 0 Å². The molecule has 0 saturated heterocycles. The first-order valence-corrected chi connectivity index (χ1v) is 4.95. The third-order valence-electron chi connectivity index (χ3n) is 2.36. The van der Waals surface area contributed by atoms with Crippen LogP contribution >= 0.6 is 0 Å². The number of allylic oxidation sites excluding steroid dienone is 2. The quantitative estimate of drug-likeness (QED) is 0.456. The van der Waals surface area contributed by atoms with Gasteiger partial charge in [0.15, 0.2) is 0 Å². The minimum atomic E-state index is 0.0119. The molecule has 0 aliphatic heterocycles. The molecule has 1 atom stereocenters. The van der Waals surface area contributed by atoms with E-state index in [-0.39, 0.29) is 5.41 Å². The monoisotopic (exact) mass is 188 g/mol. The zero-order chi connectivity index (χ0) is 11.2. The van der Waals surface area contributed by atoms with Crippen LogP contribution in [0.1, 0.15) is 34.1 Å². The van der Waals surface area contributed by atoms with Crippen molar-refractivity contribution in [2.24, 2.45) is 11.3 Å². The molecule has 0 aliphatic carbocycles. The second-order valence-corrected chi connectivity index (χ2v) is 4.39. The Hall–Kier alpha value is -1.18. The molecular formula is C14H20. The van der Waals surface area contributed by atoms with E-state index in [0.717, 1.165) is 12.0 Å². The van der Waals surface area contributed by atoms with Gasteiger partial charge < -0.3 is 0 Å². The summed E-state index contributed by atoms with van der Waals surface area (Å²) in [5, 5.41) is 0. The molecule has 0 heterocycles. The fourth-order valence-corrected chi connectivity index (χ4v) is 1.45. The lowest BCUT2D eigenvalue weighted by molar-refractivity contribution is 0.390. The molecule has 0 radical (unpaired) electrons. The fraction of sp³-hybridized carbons (Fsp3) is 0.500. The summed E-state index contributed by atoms with van der Waals surface area (Å²) in [4.78, 5) is 0. The molecule has 0 aromatic heterocycles. The normalized spacial score (nSPS) is 13.5. The Morgan fingerprint density at radius 3 is 2.43 bits per heavy atom. The molecule has 0 spiro atoms. The van der Waals surface area contributed by atoms with Gasteiger partial charge in [0.1, 0.15) is 0 Å². The summed E-state index contributed by atoms with van der Waals surface area (Å²) in [6.07, 6.45) is 3.08. The maximum absolute atomic E-state index is 4.02. The summed E-state index contributed by atoms with van der Waals surface area (Å²) in [6.45, 7) is 16.1. The third-order valence-corrected chi connectivity index (χ3v) is 2.36. The molecule has 0 nitrogen and oxygen atoms in total. The lowest BCUT2D eigenvalue weighted by atomic mass is 9.77. The molecule has 0 N–H and O–H groups in total. The van der Waals surface area contributed by atoms with E-state index < -0.39 is 0 Å². The Kier molecular flexibility index (Phi) is 5.06. The largest absolute Gasteiger partial charge is 0.0993 e. The number of hydrogen-bond donors (Lipinski definition) is 0. The van der Waals surface area contributed by atoms with Crippen LogP contribution in [-0.2, 0) is 0 Å². The zero-order valence-corrected chi connectivity index (χ0v) is 9.78. The van der Waals surface area contributed by atoms with Crippen LogP contribution in [0.2, 0.25) is 0 Å². The molecule has 0 aromatic carbocycles. The summed E-state index contributed by atoms with van der Waals surface area (Å²) in [5.74, 6) is 0.641. The van der Waals surface area contributed by atoms with Gasteiger partial charge >= 0.3 is 0 Å². The first-order chi connectivity index (χ1) is 6.42. The van der Waals surface area contributed by atoms with Crippen LogP contribution in [0.5, 0.6) is 0 Å². The molecule has 0 aliphatic rings. The van der Waals surface area contributed by atoms with Gasteiger partial charge in [-0.3, -0.25) is 0 Å². The van der Waals surface area contributed by atoms with Crippen molar-refractivity contribution in [3.8, 4) is 0 Å². The maximum Gasteiger partial charge on any atom is 0.0141 e. The van der Waals surface area contributed by atoms with Gasteiger partial charge in [-0.2, -0.15) is 0 Å².